The third-order valence-corrected chi connectivity index (χ3v) is 3.92. The molecule has 4 rings (SSSR count). The molecule has 4 aromatic rings. The van der Waals surface area contributed by atoms with Crippen LogP contribution in [0.4, 0.5) is 4.39 Å². The number of ether oxygens (including phenoxy) is 1. The number of hydrogen-bond donors (Lipinski definition) is 1. The van der Waals surface area contributed by atoms with Gasteiger partial charge in [-0.3, -0.25) is 4.79 Å². The first-order valence-electron chi connectivity index (χ1n) is 7.53. The molecule has 1 N–H and O–H groups in total. The van der Waals surface area contributed by atoms with Crippen LogP contribution < -0.4 is 10.3 Å². The van der Waals surface area contributed by atoms with Gasteiger partial charge in [0.1, 0.15) is 28.9 Å². The van der Waals surface area contributed by atoms with Gasteiger partial charge >= 0.3 is 0 Å². The first-order valence-corrected chi connectivity index (χ1v) is 7.53. The van der Waals surface area contributed by atoms with Crippen LogP contribution in [-0.4, -0.2) is 28.0 Å². The van der Waals surface area contributed by atoms with Crippen LogP contribution in [0, 0.1) is 5.82 Å². The molecular weight excluding hydrogens is 323 g/mol. The lowest BCUT2D eigenvalue weighted by Gasteiger charge is -1.99. The lowest BCUT2D eigenvalue weighted by molar-refractivity contribution is 0.415. The number of benzene rings is 2. The second-order valence-corrected chi connectivity index (χ2v) is 5.42. The van der Waals surface area contributed by atoms with Crippen LogP contribution in [0.3, 0.4) is 0 Å². The second-order valence-electron chi connectivity index (χ2n) is 5.42. The molecule has 0 bridgehead atoms. The van der Waals surface area contributed by atoms with E-state index >= 15 is 0 Å². The Morgan fingerprint density at radius 2 is 2.12 bits per heavy atom. The average Bonchev–Trinajstić information content (AvgIpc) is 3.01. The van der Waals surface area contributed by atoms with Gasteiger partial charge < -0.3 is 9.72 Å². The highest BCUT2D eigenvalue weighted by atomic mass is 19.1. The Hall–Kier alpha value is -3.48. The average molecular weight is 336 g/mol. The highest BCUT2D eigenvalue weighted by molar-refractivity contribution is 6.04. The predicted molar refractivity (Wildman–Crippen MR) is 93.8 cm³/mol. The Kier molecular flexibility index (Phi) is 3.53. The third-order valence-electron chi connectivity index (χ3n) is 3.92. The number of halogens is 1. The van der Waals surface area contributed by atoms with Gasteiger partial charge in [0, 0.05) is 17.0 Å². The quantitative estimate of drug-likeness (QED) is 0.585. The molecule has 25 heavy (non-hydrogen) atoms. The van der Waals surface area contributed by atoms with Crippen LogP contribution in [-0.2, 0) is 0 Å². The molecule has 0 saturated carbocycles. The van der Waals surface area contributed by atoms with E-state index in [1.807, 2.05) is 6.07 Å². The maximum atomic E-state index is 13.6. The van der Waals surface area contributed by atoms with Crippen molar-refractivity contribution in [3.63, 3.8) is 0 Å². The maximum Gasteiger partial charge on any atom is 0.298 e. The van der Waals surface area contributed by atoms with Gasteiger partial charge in [-0.05, 0) is 18.2 Å². The minimum absolute atomic E-state index is 0.288. The summed E-state index contributed by atoms with van der Waals surface area (Å²) in [5.41, 5.74) is 1.55. The molecule has 0 aliphatic heterocycles. The Morgan fingerprint density at radius 1 is 1.28 bits per heavy atom. The number of nitrogens with one attached hydrogen (secondary N) is 1. The Balaban J connectivity index is 1.84. The summed E-state index contributed by atoms with van der Waals surface area (Å²) < 4.78 is 19.9. The summed E-state index contributed by atoms with van der Waals surface area (Å²) >= 11 is 0. The summed E-state index contributed by atoms with van der Waals surface area (Å²) in [7, 11) is 1.58. The number of fused-ring (bicyclic) bond motifs is 3. The fourth-order valence-electron chi connectivity index (χ4n) is 2.64. The van der Waals surface area contributed by atoms with E-state index in [9.17, 15) is 9.18 Å². The monoisotopic (exact) mass is 336 g/mol. The van der Waals surface area contributed by atoms with E-state index in [0.717, 1.165) is 15.6 Å². The SMILES string of the molecule is COc1ccc2c(c1)[nH]c1c(=O)n(/N=C/c3ccccc3F)cnc12. The topological polar surface area (TPSA) is 72.3 Å². The molecule has 0 radical (unpaired) electrons. The number of rotatable bonds is 3. The Morgan fingerprint density at radius 3 is 2.92 bits per heavy atom. The molecule has 0 atom stereocenters. The van der Waals surface area contributed by atoms with Crippen LogP contribution in [0.5, 0.6) is 5.75 Å². The van der Waals surface area contributed by atoms with Crippen molar-refractivity contribution in [3.8, 4) is 5.75 Å². The van der Waals surface area contributed by atoms with Gasteiger partial charge in [0.2, 0.25) is 0 Å². The summed E-state index contributed by atoms with van der Waals surface area (Å²) in [5.74, 6) is 0.267. The van der Waals surface area contributed by atoms with Gasteiger partial charge in [-0.25, -0.2) is 9.37 Å². The second kappa shape index (κ2) is 5.86. The number of hydrogen-bond acceptors (Lipinski definition) is 4. The molecule has 0 unspecified atom stereocenters. The largest absolute Gasteiger partial charge is 0.497 e. The molecule has 2 aromatic carbocycles. The number of nitrogens with zero attached hydrogens (tertiary/aromatic N) is 3. The molecule has 2 heterocycles. The van der Waals surface area contributed by atoms with E-state index in [0.29, 0.717) is 16.8 Å². The van der Waals surface area contributed by atoms with E-state index in [4.69, 9.17) is 4.74 Å². The fraction of sp³-hybridized carbons (Fsp3) is 0.0556. The zero-order valence-electron chi connectivity index (χ0n) is 13.2. The molecule has 7 heteroatoms. The molecule has 2 aromatic heterocycles. The minimum Gasteiger partial charge on any atom is -0.497 e. The molecule has 0 amide bonds. The zero-order chi connectivity index (χ0) is 17.4. The number of methoxy groups -OCH3 is 1. The molecule has 0 aliphatic carbocycles. The maximum absolute atomic E-state index is 13.6. The van der Waals surface area contributed by atoms with E-state index in [2.05, 4.69) is 15.1 Å². The number of aromatic nitrogens is 3. The molecular formula is C18H13FN4O2. The van der Waals surface area contributed by atoms with Crippen molar-refractivity contribution in [2.24, 2.45) is 5.10 Å². The first kappa shape index (κ1) is 15.1. The van der Waals surface area contributed by atoms with Gasteiger partial charge in [-0.2, -0.15) is 9.78 Å². The van der Waals surface area contributed by atoms with Gasteiger partial charge in [-0.1, -0.05) is 18.2 Å². The van der Waals surface area contributed by atoms with Crippen LogP contribution in [0.15, 0.2) is 58.7 Å². The Bertz CT molecular complexity index is 1180. The first-order chi connectivity index (χ1) is 12.2. The van der Waals surface area contributed by atoms with E-state index in [1.54, 1.807) is 37.4 Å². The van der Waals surface area contributed by atoms with Gasteiger partial charge in [0.15, 0.2) is 0 Å². The molecule has 124 valence electrons. The Labute approximate surface area is 141 Å². The molecule has 0 fully saturated rings. The number of aromatic amines is 1. The van der Waals surface area contributed by atoms with Crippen LogP contribution in [0.2, 0.25) is 0 Å². The molecule has 0 spiro atoms. The standard InChI is InChI=1S/C18H13FN4O2/c1-25-12-6-7-13-15(8-12)22-17-16(13)20-10-23(18(17)24)21-9-11-4-2-3-5-14(11)19/h2-10,22H,1H3/b21-9+. The van der Waals surface area contributed by atoms with Crippen molar-refractivity contribution in [3.05, 3.63) is 70.5 Å². The van der Waals surface area contributed by atoms with Crippen molar-refractivity contribution in [2.45, 2.75) is 0 Å². The lowest BCUT2D eigenvalue weighted by Crippen LogP contribution is -2.17. The van der Waals surface area contributed by atoms with Crippen LogP contribution in [0.1, 0.15) is 5.56 Å². The van der Waals surface area contributed by atoms with Crippen molar-refractivity contribution in [1.29, 1.82) is 0 Å². The predicted octanol–water partition coefficient (Wildman–Crippen LogP) is 2.91. The van der Waals surface area contributed by atoms with Crippen LogP contribution in [0.25, 0.3) is 21.9 Å². The fourth-order valence-corrected chi connectivity index (χ4v) is 2.64. The summed E-state index contributed by atoms with van der Waals surface area (Å²) in [4.78, 5) is 20.0. The summed E-state index contributed by atoms with van der Waals surface area (Å²) in [6.07, 6.45) is 2.61. The smallest absolute Gasteiger partial charge is 0.298 e. The van der Waals surface area contributed by atoms with E-state index in [1.165, 1.54) is 18.6 Å². The summed E-state index contributed by atoms with van der Waals surface area (Å²) in [6, 6.07) is 11.6. The third kappa shape index (κ3) is 2.55. The summed E-state index contributed by atoms with van der Waals surface area (Å²) in [5, 5.41) is 4.84. The highest BCUT2D eigenvalue weighted by Crippen LogP contribution is 2.25. The van der Waals surface area contributed by atoms with E-state index < -0.39 is 5.82 Å². The normalized spacial score (nSPS) is 11.6. The van der Waals surface area contributed by atoms with Crippen molar-refractivity contribution in [2.75, 3.05) is 7.11 Å². The van der Waals surface area contributed by atoms with Crippen LogP contribution >= 0.6 is 0 Å². The highest BCUT2D eigenvalue weighted by Gasteiger charge is 2.11. The van der Waals surface area contributed by atoms with Crippen molar-refractivity contribution in [1.82, 2.24) is 14.6 Å². The van der Waals surface area contributed by atoms with Crippen molar-refractivity contribution >= 4 is 28.2 Å². The lowest BCUT2D eigenvalue weighted by atomic mass is 10.2. The van der Waals surface area contributed by atoms with E-state index in [-0.39, 0.29) is 11.1 Å². The molecule has 0 aliphatic rings. The van der Waals surface area contributed by atoms with Gasteiger partial charge in [0.25, 0.3) is 5.56 Å². The molecule has 0 saturated heterocycles. The van der Waals surface area contributed by atoms with Gasteiger partial charge in [0.05, 0.1) is 18.8 Å². The molecule has 6 nitrogen and oxygen atoms in total. The van der Waals surface area contributed by atoms with Gasteiger partial charge in [-0.15, -0.1) is 0 Å². The summed E-state index contributed by atoms with van der Waals surface area (Å²) in [6.45, 7) is 0. The minimum atomic E-state index is -0.411. The number of H-pyrrole nitrogens is 1. The zero-order valence-corrected chi connectivity index (χ0v) is 13.2. The van der Waals surface area contributed by atoms with Crippen molar-refractivity contribution < 1.29 is 9.13 Å².